The standard InChI is InChI=1S/C16H15BrN2OS/c1-9-6-13(7-10(2)14(9)17)19-16(20)12-5-3-4-11(8-12)15(18)21/h3-8H,1-2H3,(H2,18,21)(H,19,20). The van der Waals surface area contributed by atoms with Crippen molar-refractivity contribution >= 4 is 44.7 Å². The molecule has 0 radical (unpaired) electrons. The number of benzene rings is 2. The second kappa shape index (κ2) is 6.37. The number of carbonyl (C=O) groups excluding carboxylic acids is 1. The molecule has 3 N–H and O–H groups in total. The lowest BCUT2D eigenvalue weighted by molar-refractivity contribution is 0.102. The monoisotopic (exact) mass is 362 g/mol. The molecular weight excluding hydrogens is 348 g/mol. The normalized spacial score (nSPS) is 10.2. The molecule has 2 aromatic rings. The molecule has 0 aliphatic rings. The Morgan fingerprint density at radius 3 is 2.29 bits per heavy atom. The molecular formula is C16H15BrN2OS. The van der Waals surface area contributed by atoms with Gasteiger partial charge in [-0.2, -0.15) is 0 Å². The van der Waals surface area contributed by atoms with Gasteiger partial charge in [-0.05, 0) is 49.2 Å². The molecule has 0 heterocycles. The zero-order chi connectivity index (χ0) is 15.6. The van der Waals surface area contributed by atoms with Crippen LogP contribution in [0.3, 0.4) is 0 Å². The molecule has 0 aliphatic carbocycles. The minimum atomic E-state index is -0.186. The van der Waals surface area contributed by atoms with Crippen LogP contribution in [0, 0.1) is 13.8 Å². The van der Waals surface area contributed by atoms with Crippen LogP contribution >= 0.6 is 28.1 Å². The van der Waals surface area contributed by atoms with Crippen molar-refractivity contribution in [3.05, 3.63) is 63.1 Å². The van der Waals surface area contributed by atoms with Crippen LogP contribution in [0.5, 0.6) is 0 Å². The summed E-state index contributed by atoms with van der Waals surface area (Å²) in [6.07, 6.45) is 0. The molecule has 2 rings (SSSR count). The maximum atomic E-state index is 12.3. The molecule has 2 aromatic carbocycles. The number of hydrogen-bond donors (Lipinski definition) is 2. The highest BCUT2D eigenvalue weighted by Gasteiger charge is 2.09. The van der Waals surface area contributed by atoms with E-state index >= 15 is 0 Å². The Labute approximate surface area is 137 Å². The Balaban J connectivity index is 2.26. The van der Waals surface area contributed by atoms with Gasteiger partial charge < -0.3 is 11.1 Å². The first-order valence-corrected chi connectivity index (χ1v) is 7.56. The minimum Gasteiger partial charge on any atom is -0.389 e. The van der Waals surface area contributed by atoms with Gasteiger partial charge in [-0.1, -0.05) is 40.3 Å². The van der Waals surface area contributed by atoms with E-state index < -0.39 is 0 Å². The predicted octanol–water partition coefficient (Wildman–Crippen LogP) is 3.95. The van der Waals surface area contributed by atoms with Gasteiger partial charge in [-0.25, -0.2) is 0 Å². The van der Waals surface area contributed by atoms with Crippen molar-refractivity contribution in [1.82, 2.24) is 0 Å². The third-order valence-electron chi connectivity index (χ3n) is 3.10. The average molecular weight is 363 g/mol. The quantitative estimate of drug-likeness (QED) is 0.812. The molecule has 0 aliphatic heterocycles. The van der Waals surface area contributed by atoms with Gasteiger partial charge in [0.1, 0.15) is 4.99 Å². The van der Waals surface area contributed by atoms with E-state index in [1.807, 2.05) is 26.0 Å². The topological polar surface area (TPSA) is 55.1 Å². The lowest BCUT2D eigenvalue weighted by Crippen LogP contribution is -2.15. The summed E-state index contributed by atoms with van der Waals surface area (Å²) in [6, 6.07) is 10.8. The van der Waals surface area contributed by atoms with E-state index in [1.54, 1.807) is 24.3 Å². The van der Waals surface area contributed by atoms with Crippen molar-refractivity contribution in [1.29, 1.82) is 0 Å². The fourth-order valence-corrected chi connectivity index (χ4v) is 2.39. The van der Waals surface area contributed by atoms with Gasteiger partial charge in [0.15, 0.2) is 0 Å². The second-order valence-corrected chi connectivity index (χ2v) is 6.06. The number of nitrogens with one attached hydrogen (secondary N) is 1. The maximum absolute atomic E-state index is 12.3. The lowest BCUT2D eigenvalue weighted by Gasteiger charge is -2.10. The first-order valence-electron chi connectivity index (χ1n) is 6.36. The van der Waals surface area contributed by atoms with E-state index in [9.17, 15) is 4.79 Å². The van der Waals surface area contributed by atoms with Crippen LogP contribution in [0.25, 0.3) is 0 Å². The Kier molecular flexibility index (Phi) is 4.75. The Hall–Kier alpha value is -1.72. The van der Waals surface area contributed by atoms with E-state index in [0.717, 1.165) is 21.3 Å². The highest BCUT2D eigenvalue weighted by Crippen LogP contribution is 2.25. The molecule has 0 bridgehead atoms. The largest absolute Gasteiger partial charge is 0.389 e. The van der Waals surface area contributed by atoms with Gasteiger partial charge in [0.05, 0.1) is 0 Å². The molecule has 0 aromatic heterocycles. The van der Waals surface area contributed by atoms with Gasteiger partial charge in [-0.3, -0.25) is 4.79 Å². The highest BCUT2D eigenvalue weighted by molar-refractivity contribution is 9.10. The van der Waals surface area contributed by atoms with Crippen molar-refractivity contribution in [3.63, 3.8) is 0 Å². The molecule has 0 fully saturated rings. The number of anilines is 1. The summed E-state index contributed by atoms with van der Waals surface area (Å²) in [4.78, 5) is 12.6. The molecule has 0 saturated heterocycles. The summed E-state index contributed by atoms with van der Waals surface area (Å²) in [5, 5.41) is 2.89. The van der Waals surface area contributed by atoms with Crippen LogP contribution in [-0.4, -0.2) is 10.9 Å². The van der Waals surface area contributed by atoms with Gasteiger partial charge >= 0.3 is 0 Å². The summed E-state index contributed by atoms with van der Waals surface area (Å²) in [5.41, 5.74) is 9.70. The lowest BCUT2D eigenvalue weighted by atomic mass is 10.1. The number of aryl methyl sites for hydroxylation is 2. The zero-order valence-electron chi connectivity index (χ0n) is 11.7. The smallest absolute Gasteiger partial charge is 0.255 e. The summed E-state index contributed by atoms with van der Waals surface area (Å²) in [7, 11) is 0. The number of thiocarbonyl (C=S) groups is 1. The number of amides is 1. The van der Waals surface area contributed by atoms with Gasteiger partial charge in [-0.15, -0.1) is 0 Å². The van der Waals surface area contributed by atoms with Crippen molar-refractivity contribution < 1.29 is 4.79 Å². The number of halogens is 1. The van der Waals surface area contributed by atoms with Crippen molar-refractivity contribution in [2.24, 2.45) is 5.73 Å². The SMILES string of the molecule is Cc1cc(NC(=O)c2cccc(C(N)=S)c2)cc(C)c1Br. The molecule has 0 spiro atoms. The average Bonchev–Trinajstić information content (AvgIpc) is 2.44. The van der Waals surface area contributed by atoms with E-state index in [4.69, 9.17) is 18.0 Å². The number of nitrogens with two attached hydrogens (primary N) is 1. The van der Waals surface area contributed by atoms with Gasteiger partial charge in [0.2, 0.25) is 0 Å². The Bertz CT molecular complexity index is 705. The molecule has 0 unspecified atom stereocenters. The summed E-state index contributed by atoms with van der Waals surface area (Å²) < 4.78 is 1.05. The number of rotatable bonds is 3. The molecule has 0 saturated carbocycles. The fourth-order valence-electron chi connectivity index (χ4n) is 2.04. The minimum absolute atomic E-state index is 0.186. The molecule has 0 atom stereocenters. The maximum Gasteiger partial charge on any atom is 0.255 e. The van der Waals surface area contributed by atoms with E-state index in [2.05, 4.69) is 21.2 Å². The van der Waals surface area contributed by atoms with Crippen LogP contribution < -0.4 is 11.1 Å². The first-order chi connectivity index (χ1) is 9.88. The summed E-state index contributed by atoms with van der Waals surface area (Å²) >= 11 is 8.44. The fraction of sp³-hybridized carbons (Fsp3) is 0.125. The van der Waals surface area contributed by atoms with Gasteiger partial charge in [0.25, 0.3) is 5.91 Å². The van der Waals surface area contributed by atoms with Crippen LogP contribution in [0.15, 0.2) is 40.9 Å². The van der Waals surface area contributed by atoms with Crippen LogP contribution in [0.4, 0.5) is 5.69 Å². The van der Waals surface area contributed by atoms with Crippen molar-refractivity contribution in [2.75, 3.05) is 5.32 Å². The third kappa shape index (κ3) is 3.68. The summed E-state index contributed by atoms with van der Waals surface area (Å²) in [5.74, 6) is -0.186. The first kappa shape index (κ1) is 15.7. The molecule has 1 amide bonds. The van der Waals surface area contributed by atoms with Crippen molar-refractivity contribution in [3.8, 4) is 0 Å². The third-order valence-corrected chi connectivity index (χ3v) is 4.59. The van der Waals surface area contributed by atoms with Gasteiger partial charge in [0, 0.05) is 21.3 Å². The highest BCUT2D eigenvalue weighted by atomic mass is 79.9. The van der Waals surface area contributed by atoms with Crippen LogP contribution in [-0.2, 0) is 0 Å². The molecule has 3 nitrogen and oxygen atoms in total. The number of hydrogen-bond acceptors (Lipinski definition) is 2. The second-order valence-electron chi connectivity index (χ2n) is 4.82. The molecule has 108 valence electrons. The molecule has 21 heavy (non-hydrogen) atoms. The van der Waals surface area contributed by atoms with E-state index in [0.29, 0.717) is 11.1 Å². The van der Waals surface area contributed by atoms with Crippen LogP contribution in [0.2, 0.25) is 0 Å². The molecule has 5 heteroatoms. The predicted molar refractivity (Wildman–Crippen MR) is 93.9 cm³/mol. The Morgan fingerprint density at radius 1 is 1.14 bits per heavy atom. The summed E-state index contributed by atoms with van der Waals surface area (Å²) in [6.45, 7) is 3.97. The Morgan fingerprint density at radius 2 is 1.71 bits per heavy atom. The van der Waals surface area contributed by atoms with E-state index in [-0.39, 0.29) is 10.9 Å². The van der Waals surface area contributed by atoms with Crippen molar-refractivity contribution in [2.45, 2.75) is 13.8 Å². The zero-order valence-corrected chi connectivity index (χ0v) is 14.1. The number of carbonyl (C=O) groups is 1. The van der Waals surface area contributed by atoms with Crippen LogP contribution in [0.1, 0.15) is 27.0 Å². The van der Waals surface area contributed by atoms with E-state index in [1.165, 1.54) is 0 Å².